The van der Waals surface area contributed by atoms with Crippen LogP contribution in [0.4, 0.5) is 0 Å². The maximum absolute atomic E-state index is 12.7. The molecule has 3 rings (SSSR count). The summed E-state index contributed by atoms with van der Waals surface area (Å²) in [6.45, 7) is 11.6. The number of carbonyl (C=O) groups is 1. The Morgan fingerprint density at radius 2 is 0.667 bits per heavy atom. The van der Waals surface area contributed by atoms with E-state index in [1.54, 1.807) is 31.4 Å². The molecule has 2 N–H and O–H groups in total. The normalized spacial score (nSPS) is 11.6. The van der Waals surface area contributed by atoms with Gasteiger partial charge in [-0.25, -0.2) is 0 Å². The van der Waals surface area contributed by atoms with Gasteiger partial charge in [0.1, 0.15) is 5.60 Å². The average Bonchev–Trinajstić information content (AvgIpc) is 3.29. The molecule has 60 heavy (non-hydrogen) atoms. The van der Waals surface area contributed by atoms with Crippen molar-refractivity contribution in [1.29, 1.82) is 0 Å². The molecular formula is C45H67NO14. The first kappa shape index (κ1) is 51.0. The summed E-state index contributed by atoms with van der Waals surface area (Å²) in [7, 11) is 1.64. The Kier molecular flexibility index (Phi) is 29.9. The number of rotatable bonds is 40. The van der Waals surface area contributed by atoms with Crippen LogP contribution in [-0.2, 0) is 62.4 Å². The molecule has 336 valence electrons. The summed E-state index contributed by atoms with van der Waals surface area (Å²) in [4.78, 5) is 12.7. The molecule has 0 atom stereocenters. The minimum Gasteiger partial charge on any atom is -0.382 e. The van der Waals surface area contributed by atoms with Gasteiger partial charge in [-0.15, -0.1) is 0 Å². The Morgan fingerprint density at radius 3 is 0.967 bits per heavy atom. The first-order valence-corrected chi connectivity index (χ1v) is 20.7. The number of aliphatic hydroxyl groups is 1. The van der Waals surface area contributed by atoms with Crippen molar-refractivity contribution in [1.82, 2.24) is 5.32 Å². The number of amides is 1. The lowest BCUT2D eigenvalue weighted by molar-refractivity contribution is -0.0279. The van der Waals surface area contributed by atoms with Gasteiger partial charge in [-0.05, 0) is 28.8 Å². The van der Waals surface area contributed by atoms with Crippen LogP contribution in [-0.4, -0.2) is 177 Å². The summed E-state index contributed by atoms with van der Waals surface area (Å²) in [6, 6.07) is 26.0. The Bertz CT molecular complexity index is 1380. The van der Waals surface area contributed by atoms with Gasteiger partial charge in [0.15, 0.2) is 0 Å². The van der Waals surface area contributed by atoms with Crippen LogP contribution in [0, 0.1) is 0 Å². The number of hydrogen-bond acceptors (Lipinski definition) is 14. The first-order valence-electron chi connectivity index (χ1n) is 20.7. The molecule has 3 aromatic rings. The highest BCUT2D eigenvalue weighted by atomic mass is 16.6. The maximum atomic E-state index is 12.7. The number of nitrogens with one attached hydrogen (secondary N) is 1. The molecule has 0 fully saturated rings. The zero-order chi connectivity index (χ0) is 42.4. The standard InChI is InChI=1S/C45H67NO14/c1-49-18-19-51-22-23-53-26-27-55-30-31-57-34-35-59-38-39-60-37-36-58-33-32-56-29-28-54-25-24-52-21-20-50-17-16-46-44(47)40-12-14-43(15-13-40)45(48,41-8-4-2-5-9-41)42-10-6-3-7-11-42/h2-15,48H,16-39H2,1H3,(H,46,47). The fraction of sp³-hybridized carbons (Fsp3) is 0.578. The van der Waals surface area contributed by atoms with E-state index >= 15 is 0 Å². The molecule has 0 aliphatic carbocycles. The Morgan fingerprint density at radius 1 is 0.400 bits per heavy atom. The molecule has 0 bridgehead atoms. The summed E-state index contributed by atoms with van der Waals surface area (Å²) < 4.78 is 65.2. The van der Waals surface area contributed by atoms with Gasteiger partial charge in [0.05, 0.1) is 152 Å². The highest BCUT2D eigenvalue weighted by Gasteiger charge is 2.33. The molecule has 0 heterocycles. The predicted octanol–water partition coefficient (Wildman–Crippen LogP) is 3.53. The summed E-state index contributed by atoms with van der Waals surface area (Å²) >= 11 is 0. The molecule has 15 nitrogen and oxygen atoms in total. The van der Waals surface area contributed by atoms with Crippen molar-refractivity contribution in [2.45, 2.75) is 5.60 Å². The highest BCUT2D eigenvalue weighted by molar-refractivity contribution is 5.94. The average molecular weight is 846 g/mol. The van der Waals surface area contributed by atoms with Gasteiger partial charge in [-0.3, -0.25) is 4.79 Å². The van der Waals surface area contributed by atoms with Crippen molar-refractivity contribution >= 4 is 5.91 Å². The second kappa shape index (κ2) is 35.2. The van der Waals surface area contributed by atoms with Gasteiger partial charge in [0.25, 0.3) is 5.91 Å². The van der Waals surface area contributed by atoms with Crippen molar-refractivity contribution < 1.29 is 66.7 Å². The lowest BCUT2D eigenvalue weighted by atomic mass is 9.80. The van der Waals surface area contributed by atoms with Gasteiger partial charge in [0, 0.05) is 19.2 Å². The third-order valence-corrected chi connectivity index (χ3v) is 8.63. The van der Waals surface area contributed by atoms with E-state index in [-0.39, 0.29) is 5.91 Å². The van der Waals surface area contributed by atoms with E-state index in [4.69, 9.17) is 56.8 Å². The molecule has 0 radical (unpaired) electrons. The lowest BCUT2D eigenvalue weighted by Crippen LogP contribution is -2.30. The number of ether oxygens (including phenoxy) is 12. The molecule has 0 unspecified atom stereocenters. The van der Waals surface area contributed by atoms with Crippen molar-refractivity contribution in [3.8, 4) is 0 Å². The number of benzene rings is 3. The van der Waals surface area contributed by atoms with E-state index in [9.17, 15) is 9.90 Å². The number of carbonyl (C=O) groups excluding carboxylic acids is 1. The van der Waals surface area contributed by atoms with Gasteiger partial charge in [0.2, 0.25) is 0 Å². The zero-order valence-electron chi connectivity index (χ0n) is 35.3. The fourth-order valence-corrected chi connectivity index (χ4v) is 5.50. The lowest BCUT2D eigenvalue weighted by Gasteiger charge is -2.30. The minimum absolute atomic E-state index is 0.214. The van der Waals surface area contributed by atoms with Gasteiger partial charge < -0.3 is 67.3 Å². The molecular weight excluding hydrogens is 778 g/mol. The molecule has 0 saturated heterocycles. The van der Waals surface area contributed by atoms with Crippen LogP contribution >= 0.6 is 0 Å². The second-order valence-corrected chi connectivity index (χ2v) is 13.0. The van der Waals surface area contributed by atoms with E-state index in [0.717, 1.165) is 11.1 Å². The second-order valence-electron chi connectivity index (χ2n) is 13.0. The predicted molar refractivity (Wildman–Crippen MR) is 225 cm³/mol. The maximum Gasteiger partial charge on any atom is 0.251 e. The molecule has 0 saturated carbocycles. The van der Waals surface area contributed by atoms with Gasteiger partial charge >= 0.3 is 0 Å². The number of methoxy groups -OCH3 is 1. The van der Waals surface area contributed by atoms with Crippen LogP contribution in [0.15, 0.2) is 84.9 Å². The van der Waals surface area contributed by atoms with Gasteiger partial charge in [-0.1, -0.05) is 72.8 Å². The number of hydrogen-bond donors (Lipinski definition) is 2. The zero-order valence-corrected chi connectivity index (χ0v) is 35.3. The van der Waals surface area contributed by atoms with Crippen molar-refractivity contribution in [3.63, 3.8) is 0 Å². The molecule has 0 aromatic heterocycles. The SMILES string of the molecule is COCCOCCOCCOCCOCCOCCOCCOCCOCCOCCOCCOCCNC(=O)c1ccc(C(O)(c2ccccc2)c2ccccc2)cc1. The van der Waals surface area contributed by atoms with E-state index in [2.05, 4.69) is 5.32 Å². The van der Waals surface area contributed by atoms with Gasteiger partial charge in [-0.2, -0.15) is 0 Å². The summed E-state index contributed by atoms with van der Waals surface area (Å²) in [5, 5.41) is 14.8. The fourth-order valence-electron chi connectivity index (χ4n) is 5.50. The quantitative estimate of drug-likeness (QED) is 0.0633. The Hall–Kier alpha value is -3.39. The van der Waals surface area contributed by atoms with Crippen LogP contribution in [0.2, 0.25) is 0 Å². The van der Waals surface area contributed by atoms with Crippen LogP contribution in [0.5, 0.6) is 0 Å². The molecule has 3 aromatic carbocycles. The van der Waals surface area contributed by atoms with Crippen molar-refractivity contribution in [3.05, 3.63) is 107 Å². The van der Waals surface area contributed by atoms with Crippen LogP contribution in [0.1, 0.15) is 27.0 Å². The summed E-state index contributed by atoms with van der Waals surface area (Å²) in [5.41, 5.74) is 1.31. The van der Waals surface area contributed by atoms with E-state index in [1.165, 1.54) is 0 Å². The topological polar surface area (TPSA) is 160 Å². The van der Waals surface area contributed by atoms with Crippen LogP contribution < -0.4 is 5.32 Å². The van der Waals surface area contributed by atoms with Crippen molar-refractivity contribution in [2.75, 3.05) is 166 Å². The van der Waals surface area contributed by atoms with Crippen LogP contribution in [0.25, 0.3) is 0 Å². The van der Waals surface area contributed by atoms with E-state index in [1.807, 2.05) is 60.7 Å². The summed E-state index contributed by atoms with van der Waals surface area (Å²) in [6.07, 6.45) is 0. The monoisotopic (exact) mass is 845 g/mol. The largest absolute Gasteiger partial charge is 0.382 e. The van der Waals surface area contributed by atoms with E-state index in [0.29, 0.717) is 170 Å². The summed E-state index contributed by atoms with van der Waals surface area (Å²) in [5.74, 6) is -0.214. The molecule has 0 aliphatic rings. The molecule has 0 spiro atoms. The molecule has 0 aliphatic heterocycles. The smallest absolute Gasteiger partial charge is 0.251 e. The highest BCUT2D eigenvalue weighted by Crippen LogP contribution is 2.36. The van der Waals surface area contributed by atoms with E-state index < -0.39 is 5.60 Å². The minimum atomic E-state index is -1.35. The third-order valence-electron chi connectivity index (χ3n) is 8.63. The molecule has 1 amide bonds. The third kappa shape index (κ3) is 23.0. The first-order chi connectivity index (χ1) is 29.7. The van der Waals surface area contributed by atoms with Crippen molar-refractivity contribution in [2.24, 2.45) is 0 Å². The molecule has 15 heteroatoms. The Balaban J connectivity index is 1.01. The Labute approximate surface area is 355 Å². The van der Waals surface area contributed by atoms with Crippen LogP contribution in [0.3, 0.4) is 0 Å².